The molecule has 4 heteroatoms. The Balaban J connectivity index is 2.23. The third kappa shape index (κ3) is 1.29. The van der Waals surface area contributed by atoms with Crippen molar-refractivity contribution < 1.29 is 9.90 Å². The van der Waals surface area contributed by atoms with Crippen LogP contribution in [0.1, 0.15) is 34.8 Å². The van der Waals surface area contributed by atoms with Crippen molar-refractivity contribution in [2.45, 2.75) is 18.8 Å². The van der Waals surface area contributed by atoms with Crippen LogP contribution in [0.25, 0.3) is 5.65 Å². The number of carboxylic acids is 1. The van der Waals surface area contributed by atoms with E-state index in [0.29, 0.717) is 11.6 Å². The number of pyridine rings is 1. The Hall–Kier alpha value is -1.84. The smallest absolute Gasteiger partial charge is 0.339 e. The van der Waals surface area contributed by atoms with E-state index in [1.165, 1.54) is 12.8 Å². The second kappa shape index (κ2) is 2.82. The zero-order valence-corrected chi connectivity index (χ0v) is 8.05. The Morgan fingerprint density at radius 3 is 3.00 bits per heavy atom. The van der Waals surface area contributed by atoms with Crippen LogP contribution in [0.5, 0.6) is 0 Å². The van der Waals surface area contributed by atoms with Gasteiger partial charge in [0.05, 0.1) is 5.69 Å². The Kier molecular flexibility index (Phi) is 1.59. The second-order valence-corrected chi connectivity index (χ2v) is 3.90. The molecule has 1 aliphatic rings. The normalized spacial score (nSPS) is 15.7. The van der Waals surface area contributed by atoms with E-state index < -0.39 is 5.97 Å². The highest BCUT2D eigenvalue weighted by Crippen LogP contribution is 2.39. The van der Waals surface area contributed by atoms with Crippen molar-refractivity contribution in [3.8, 4) is 0 Å². The summed E-state index contributed by atoms with van der Waals surface area (Å²) in [6.45, 7) is 0. The standard InChI is InChI=1S/C11H10N2O2/c14-11(15)8-2-1-5-13-6-9(7-3-4-7)12-10(8)13/h1-2,5-7H,3-4H2,(H,14,15). The molecule has 0 spiro atoms. The number of fused-ring (bicyclic) bond motifs is 1. The zero-order valence-electron chi connectivity index (χ0n) is 8.05. The molecule has 1 N–H and O–H groups in total. The molecule has 1 aliphatic carbocycles. The van der Waals surface area contributed by atoms with Crippen LogP contribution < -0.4 is 0 Å². The minimum atomic E-state index is -0.923. The van der Waals surface area contributed by atoms with Crippen LogP contribution in [0.4, 0.5) is 0 Å². The van der Waals surface area contributed by atoms with Gasteiger partial charge in [0.15, 0.2) is 5.65 Å². The SMILES string of the molecule is O=C(O)c1cccn2cc(C3CC3)nc12. The molecule has 0 radical (unpaired) electrons. The molecule has 1 saturated carbocycles. The number of carbonyl (C=O) groups is 1. The van der Waals surface area contributed by atoms with E-state index in [1.807, 2.05) is 12.4 Å². The second-order valence-electron chi connectivity index (χ2n) is 3.90. The number of carboxylic acid groups (broad SMARTS) is 1. The third-order valence-electron chi connectivity index (χ3n) is 2.73. The van der Waals surface area contributed by atoms with Crippen LogP contribution in [0.3, 0.4) is 0 Å². The number of aromatic nitrogens is 2. The van der Waals surface area contributed by atoms with Gasteiger partial charge in [0.1, 0.15) is 5.56 Å². The van der Waals surface area contributed by atoms with Crippen LogP contribution in [0, 0.1) is 0 Å². The first-order valence-electron chi connectivity index (χ1n) is 4.96. The van der Waals surface area contributed by atoms with E-state index >= 15 is 0 Å². The molecule has 0 amide bonds. The molecular formula is C11H10N2O2. The summed E-state index contributed by atoms with van der Waals surface area (Å²) >= 11 is 0. The molecular weight excluding hydrogens is 192 g/mol. The summed E-state index contributed by atoms with van der Waals surface area (Å²) in [5.41, 5.74) is 1.83. The quantitative estimate of drug-likeness (QED) is 0.809. The van der Waals surface area contributed by atoms with Crippen molar-refractivity contribution in [1.82, 2.24) is 9.38 Å². The highest BCUT2D eigenvalue weighted by Gasteiger charge is 2.26. The van der Waals surface area contributed by atoms with Crippen molar-refractivity contribution in [3.63, 3.8) is 0 Å². The van der Waals surface area contributed by atoms with E-state index in [-0.39, 0.29) is 5.56 Å². The lowest BCUT2D eigenvalue weighted by molar-refractivity contribution is 0.0698. The lowest BCUT2D eigenvalue weighted by atomic mass is 10.3. The first-order chi connectivity index (χ1) is 7.25. The van der Waals surface area contributed by atoms with Crippen LogP contribution in [-0.2, 0) is 0 Å². The summed E-state index contributed by atoms with van der Waals surface area (Å²) in [7, 11) is 0. The van der Waals surface area contributed by atoms with E-state index in [9.17, 15) is 4.79 Å². The minimum Gasteiger partial charge on any atom is -0.478 e. The Morgan fingerprint density at radius 2 is 2.33 bits per heavy atom. The largest absolute Gasteiger partial charge is 0.478 e. The highest BCUT2D eigenvalue weighted by atomic mass is 16.4. The van der Waals surface area contributed by atoms with Gasteiger partial charge in [-0.3, -0.25) is 0 Å². The fourth-order valence-electron chi connectivity index (χ4n) is 1.77. The molecule has 2 aromatic heterocycles. The topological polar surface area (TPSA) is 54.6 Å². The summed E-state index contributed by atoms with van der Waals surface area (Å²) in [6, 6.07) is 3.32. The maximum absolute atomic E-state index is 11.0. The maximum atomic E-state index is 11.0. The molecule has 15 heavy (non-hydrogen) atoms. The highest BCUT2D eigenvalue weighted by molar-refractivity contribution is 5.94. The number of hydrogen-bond acceptors (Lipinski definition) is 2. The Labute approximate surface area is 86.2 Å². The fourth-order valence-corrected chi connectivity index (χ4v) is 1.77. The van der Waals surface area contributed by atoms with Gasteiger partial charge in [0, 0.05) is 18.3 Å². The molecule has 0 aromatic carbocycles. The van der Waals surface area contributed by atoms with E-state index in [4.69, 9.17) is 5.11 Å². The predicted octanol–water partition coefficient (Wildman–Crippen LogP) is 1.91. The molecule has 4 nitrogen and oxygen atoms in total. The van der Waals surface area contributed by atoms with Gasteiger partial charge in [-0.2, -0.15) is 0 Å². The van der Waals surface area contributed by atoms with Crippen molar-refractivity contribution >= 4 is 11.6 Å². The molecule has 2 heterocycles. The summed E-state index contributed by atoms with van der Waals surface area (Å²) in [5.74, 6) is -0.375. The molecule has 1 fully saturated rings. The number of nitrogens with zero attached hydrogens (tertiary/aromatic N) is 2. The summed E-state index contributed by atoms with van der Waals surface area (Å²) in [5, 5.41) is 8.99. The first-order valence-corrected chi connectivity index (χ1v) is 4.96. The number of aromatic carboxylic acids is 1. The number of imidazole rings is 1. The maximum Gasteiger partial charge on any atom is 0.339 e. The van der Waals surface area contributed by atoms with Gasteiger partial charge in [-0.05, 0) is 25.0 Å². The van der Waals surface area contributed by atoms with Gasteiger partial charge in [-0.25, -0.2) is 9.78 Å². The van der Waals surface area contributed by atoms with Crippen molar-refractivity contribution in [2.24, 2.45) is 0 Å². The van der Waals surface area contributed by atoms with Gasteiger partial charge < -0.3 is 9.51 Å². The summed E-state index contributed by atoms with van der Waals surface area (Å²) in [6.07, 6.45) is 6.11. The van der Waals surface area contributed by atoms with Gasteiger partial charge in [0.2, 0.25) is 0 Å². The average molecular weight is 202 g/mol. The molecule has 0 bridgehead atoms. The third-order valence-corrected chi connectivity index (χ3v) is 2.73. The molecule has 76 valence electrons. The summed E-state index contributed by atoms with van der Waals surface area (Å²) in [4.78, 5) is 15.3. The van der Waals surface area contributed by atoms with Crippen LogP contribution in [-0.4, -0.2) is 20.5 Å². The van der Waals surface area contributed by atoms with Crippen molar-refractivity contribution in [2.75, 3.05) is 0 Å². The van der Waals surface area contributed by atoms with E-state index in [1.54, 1.807) is 16.5 Å². The monoisotopic (exact) mass is 202 g/mol. The minimum absolute atomic E-state index is 0.268. The molecule has 2 aromatic rings. The molecule has 0 aliphatic heterocycles. The van der Waals surface area contributed by atoms with Gasteiger partial charge in [-0.15, -0.1) is 0 Å². The average Bonchev–Trinajstić information content (AvgIpc) is 2.96. The van der Waals surface area contributed by atoms with E-state index in [2.05, 4.69) is 4.98 Å². The van der Waals surface area contributed by atoms with Crippen LogP contribution in [0.2, 0.25) is 0 Å². The predicted molar refractivity (Wildman–Crippen MR) is 54.1 cm³/mol. The molecule has 3 rings (SSSR count). The molecule has 0 saturated heterocycles. The van der Waals surface area contributed by atoms with Gasteiger partial charge >= 0.3 is 5.97 Å². The number of hydrogen-bond donors (Lipinski definition) is 1. The molecule has 0 atom stereocenters. The molecule has 0 unspecified atom stereocenters. The van der Waals surface area contributed by atoms with Crippen molar-refractivity contribution in [1.29, 1.82) is 0 Å². The lowest BCUT2D eigenvalue weighted by Crippen LogP contribution is -1.99. The number of rotatable bonds is 2. The van der Waals surface area contributed by atoms with Gasteiger partial charge in [-0.1, -0.05) is 0 Å². The van der Waals surface area contributed by atoms with Crippen LogP contribution >= 0.6 is 0 Å². The Morgan fingerprint density at radius 1 is 1.53 bits per heavy atom. The van der Waals surface area contributed by atoms with Crippen molar-refractivity contribution in [3.05, 3.63) is 35.8 Å². The zero-order chi connectivity index (χ0) is 10.4. The fraction of sp³-hybridized carbons (Fsp3) is 0.273. The summed E-state index contributed by atoms with van der Waals surface area (Å²) < 4.78 is 1.79. The van der Waals surface area contributed by atoms with E-state index in [0.717, 1.165) is 5.69 Å². The Bertz CT molecular complexity index is 541. The first kappa shape index (κ1) is 8.47. The van der Waals surface area contributed by atoms with Crippen LogP contribution in [0.15, 0.2) is 24.5 Å². The lowest BCUT2D eigenvalue weighted by Gasteiger charge is -1.96. The van der Waals surface area contributed by atoms with Gasteiger partial charge in [0.25, 0.3) is 0 Å².